The molecule has 134 valence electrons. The number of amides is 1. The molecule has 25 heavy (non-hydrogen) atoms. The maximum absolute atomic E-state index is 12.6. The van der Waals surface area contributed by atoms with Gasteiger partial charge in [-0.1, -0.05) is 19.1 Å². The second kappa shape index (κ2) is 7.27. The van der Waals surface area contributed by atoms with Gasteiger partial charge in [0, 0.05) is 19.6 Å². The number of carbonyl (C=O) groups is 2. The Balaban J connectivity index is 2.01. The van der Waals surface area contributed by atoms with Crippen LogP contribution < -0.4 is 4.74 Å². The number of methoxy groups -OCH3 is 1. The van der Waals surface area contributed by atoms with Crippen LogP contribution in [-0.4, -0.2) is 48.1 Å². The lowest BCUT2D eigenvalue weighted by Crippen LogP contribution is -2.37. The molecule has 0 aliphatic carbocycles. The Morgan fingerprint density at radius 2 is 2.24 bits per heavy atom. The normalized spacial score (nSPS) is 23.4. The first-order chi connectivity index (χ1) is 12.1. The van der Waals surface area contributed by atoms with Crippen molar-refractivity contribution in [2.24, 2.45) is 0 Å². The number of hydrogen-bond acceptors (Lipinski definition) is 5. The Morgan fingerprint density at radius 3 is 2.88 bits per heavy atom. The minimum absolute atomic E-state index is 0.0686. The molecule has 2 aliphatic heterocycles. The van der Waals surface area contributed by atoms with Crippen LogP contribution in [0.15, 0.2) is 35.6 Å². The Morgan fingerprint density at radius 1 is 1.44 bits per heavy atom. The lowest BCUT2D eigenvalue weighted by Gasteiger charge is -2.29. The van der Waals surface area contributed by atoms with Gasteiger partial charge in [-0.15, -0.1) is 0 Å². The summed E-state index contributed by atoms with van der Waals surface area (Å²) in [6.45, 7) is 2.75. The van der Waals surface area contributed by atoms with E-state index in [1.54, 1.807) is 31.1 Å². The summed E-state index contributed by atoms with van der Waals surface area (Å²) in [4.78, 5) is 26.6. The lowest BCUT2D eigenvalue weighted by molar-refractivity contribution is -0.131. The minimum Gasteiger partial charge on any atom is -0.503 e. The molecule has 1 N–H and O–H groups in total. The average molecular weight is 345 g/mol. The summed E-state index contributed by atoms with van der Waals surface area (Å²) >= 11 is 0. The molecule has 3 rings (SSSR count). The number of ketones is 1. The highest BCUT2D eigenvalue weighted by atomic mass is 16.5. The fraction of sp³-hybridized carbons (Fsp3) is 0.474. The standard InChI is InChI=1S/C19H23NO5/c1-3-15(21)16-17(12-6-4-7-13(10-12)24-2)20(19(23)18(16)22)11-14-8-5-9-25-14/h4,6-7,10,14,17,22H,3,5,8-9,11H2,1-2H3. The predicted molar refractivity (Wildman–Crippen MR) is 91.4 cm³/mol. The molecular formula is C19H23NO5. The van der Waals surface area contributed by atoms with E-state index in [4.69, 9.17) is 9.47 Å². The molecule has 1 aromatic carbocycles. The van der Waals surface area contributed by atoms with E-state index in [0.717, 1.165) is 18.4 Å². The monoisotopic (exact) mass is 345 g/mol. The van der Waals surface area contributed by atoms with Crippen LogP contribution in [0.3, 0.4) is 0 Å². The Labute approximate surface area is 147 Å². The van der Waals surface area contributed by atoms with Gasteiger partial charge in [0.1, 0.15) is 5.75 Å². The SMILES string of the molecule is CCC(=O)C1=C(O)C(=O)N(CC2CCCO2)C1c1cccc(OC)c1. The predicted octanol–water partition coefficient (Wildman–Crippen LogP) is 2.55. The van der Waals surface area contributed by atoms with Crippen molar-refractivity contribution in [3.05, 3.63) is 41.2 Å². The highest BCUT2D eigenvalue weighted by Crippen LogP contribution is 2.39. The van der Waals surface area contributed by atoms with Crippen LogP contribution >= 0.6 is 0 Å². The Hall–Kier alpha value is -2.34. The Kier molecular flexibility index (Phi) is 5.08. The molecule has 0 radical (unpaired) electrons. The summed E-state index contributed by atoms with van der Waals surface area (Å²) in [7, 11) is 1.56. The number of aliphatic hydroxyl groups excluding tert-OH is 1. The first-order valence-corrected chi connectivity index (χ1v) is 8.59. The smallest absolute Gasteiger partial charge is 0.290 e. The highest BCUT2D eigenvalue weighted by molar-refractivity contribution is 6.08. The fourth-order valence-electron chi connectivity index (χ4n) is 3.48. The van der Waals surface area contributed by atoms with E-state index >= 15 is 0 Å². The van der Waals surface area contributed by atoms with Gasteiger partial charge in [0.25, 0.3) is 5.91 Å². The molecule has 6 nitrogen and oxygen atoms in total. The van der Waals surface area contributed by atoms with Crippen molar-refractivity contribution in [3.63, 3.8) is 0 Å². The van der Waals surface area contributed by atoms with Crippen LogP contribution in [0.25, 0.3) is 0 Å². The van der Waals surface area contributed by atoms with Crippen molar-refractivity contribution < 1.29 is 24.2 Å². The summed E-state index contributed by atoms with van der Waals surface area (Å²) < 4.78 is 10.9. The topological polar surface area (TPSA) is 76.1 Å². The van der Waals surface area contributed by atoms with Gasteiger partial charge in [0.15, 0.2) is 11.5 Å². The average Bonchev–Trinajstić information content (AvgIpc) is 3.23. The zero-order valence-corrected chi connectivity index (χ0v) is 14.5. The summed E-state index contributed by atoms with van der Waals surface area (Å²) in [5.41, 5.74) is 0.908. The number of Topliss-reactive ketones (excluding diaryl/α,β-unsaturated/α-hetero) is 1. The molecule has 1 amide bonds. The first-order valence-electron chi connectivity index (χ1n) is 8.59. The first kappa shape index (κ1) is 17.5. The van der Waals surface area contributed by atoms with E-state index in [-0.39, 0.29) is 23.9 Å². The number of aliphatic hydroxyl groups is 1. The number of rotatable bonds is 6. The van der Waals surface area contributed by atoms with Crippen molar-refractivity contribution in [1.29, 1.82) is 0 Å². The highest BCUT2D eigenvalue weighted by Gasteiger charge is 2.44. The lowest BCUT2D eigenvalue weighted by atomic mass is 9.94. The van der Waals surface area contributed by atoms with Crippen LogP contribution in [0.4, 0.5) is 0 Å². The molecule has 2 aliphatic rings. The molecule has 1 aromatic rings. The molecular weight excluding hydrogens is 322 g/mol. The third-order valence-corrected chi connectivity index (χ3v) is 4.76. The molecule has 6 heteroatoms. The second-order valence-corrected chi connectivity index (χ2v) is 6.31. The number of benzene rings is 1. The number of carbonyl (C=O) groups excluding carboxylic acids is 2. The quantitative estimate of drug-likeness (QED) is 0.857. The maximum Gasteiger partial charge on any atom is 0.290 e. The van der Waals surface area contributed by atoms with E-state index in [1.165, 1.54) is 0 Å². The van der Waals surface area contributed by atoms with Gasteiger partial charge in [-0.3, -0.25) is 9.59 Å². The summed E-state index contributed by atoms with van der Waals surface area (Å²) in [5, 5.41) is 10.4. The summed E-state index contributed by atoms with van der Waals surface area (Å²) in [6.07, 6.45) is 1.98. The van der Waals surface area contributed by atoms with Crippen molar-refractivity contribution in [2.75, 3.05) is 20.3 Å². The Bertz CT molecular complexity index is 706. The summed E-state index contributed by atoms with van der Waals surface area (Å²) in [5.74, 6) is -0.553. The number of hydrogen-bond donors (Lipinski definition) is 1. The van der Waals surface area contributed by atoms with Gasteiger partial charge in [-0.2, -0.15) is 0 Å². The van der Waals surface area contributed by atoms with Gasteiger partial charge < -0.3 is 19.5 Å². The van der Waals surface area contributed by atoms with E-state index in [1.807, 2.05) is 12.1 Å². The van der Waals surface area contributed by atoms with Crippen LogP contribution in [0.2, 0.25) is 0 Å². The van der Waals surface area contributed by atoms with Gasteiger partial charge in [-0.05, 0) is 30.5 Å². The van der Waals surface area contributed by atoms with Crippen molar-refractivity contribution >= 4 is 11.7 Å². The molecule has 2 unspecified atom stereocenters. The molecule has 1 fully saturated rings. The van der Waals surface area contributed by atoms with Crippen molar-refractivity contribution in [1.82, 2.24) is 4.90 Å². The zero-order chi connectivity index (χ0) is 18.0. The largest absolute Gasteiger partial charge is 0.503 e. The van der Waals surface area contributed by atoms with E-state index in [0.29, 0.717) is 18.9 Å². The number of nitrogens with zero attached hydrogens (tertiary/aromatic N) is 1. The fourth-order valence-corrected chi connectivity index (χ4v) is 3.48. The third-order valence-electron chi connectivity index (χ3n) is 4.76. The van der Waals surface area contributed by atoms with Crippen molar-refractivity contribution in [3.8, 4) is 5.75 Å². The van der Waals surface area contributed by atoms with Gasteiger partial charge in [0.05, 0.1) is 24.8 Å². The van der Waals surface area contributed by atoms with E-state index in [2.05, 4.69) is 0 Å². The molecule has 0 bridgehead atoms. The van der Waals surface area contributed by atoms with Crippen LogP contribution in [0.1, 0.15) is 37.8 Å². The molecule has 0 aromatic heterocycles. The summed E-state index contributed by atoms with van der Waals surface area (Å²) in [6, 6.07) is 6.63. The van der Waals surface area contributed by atoms with E-state index < -0.39 is 17.7 Å². The molecule has 2 heterocycles. The van der Waals surface area contributed by atoms with Gasteiger partial charge >= 0.3 is 0 Å². The van der Waals surface area contributed by atoms with Crippen molar-refractivity contribution in [2.45, 2.75) is 38.3 Å². The van der Waals surface area contributed by atoms with Gasteiger partial charge in [0.2, 0.25) is 0 Å². The minimum atomic E-state index is -0.612. The number of ether oxygens (including phenoxy) is 2. The molecule has 2 atom stereocenters. The molecule has 0 saturated carbocycles. The van der Waals surface area contributed by atoms with E-state index in [9.17, 15) is 14.7 Å². The van der Waals surface area contributed by atoms with Crippen LogP contribution in [-0.2, 0) is 14.3 Å². The second-order valence-electron chi connectivity index (χ2n) is 6.31. The molecule has 1 saturated heterocycles. The van der Waals surface area contributed by atoms with Gasteiger partial charge in [-0.25, -0.2) is 0 Å². The maximum atomic E-state index is 12.6. The van der Waals surface area contributed by atoms with Crippen LogP contribution in [0.5, 0.6) is 5.75 Å². The molecule has 0 spiro atoms. The zero-order valence-electron chi connectivity index (χ0n) is 14.5. The third kappa shape index (κ3) is 3.26. The van der Waals surface area contributed by atoms with Crippen LogP contribution in [0, 0.1) is 0 Å².